The third kappa shape index (κ3) is 3.85. The monoisotopic (exact) mass is 265 g/mol. The second kappa shape index (κ2) is 6.26. The van der Waals surface area contributed by atoms with E-state index in [9.17, 15) is 15.3 Å². The first-order valence-electron chi connectivity index (χ1n) is 6.99. The van der Waals surface area contributed by atoms with Crippen molar-refractivity contribution in [2.45, 2.75) is 44.8 Å². The summed E-state index contributed by atoms with van der Waals surface area (Å²) in [6.45, 7) is 2.79. The second-order valence-corrected chi connectivity index (χ2v) is 5.56. The Morgan fingerprint density at radius 3 is 2.84 bits per heavy atom. The van der Waals surface area contributed by atoms with E-state index in [-0.39, 0.29) is 23.6 Å². The maximum Gasteiger partial charge on any atom is 0.120 e. The molecule has 1 fully saturated rings. The molecule has 1 aliphatic carbocycles. The van der Waals surface area contributed by atoms with Crippen LogP contribution in [0.3, 0.4) is 0 Å². The van der Waals surface area contributed by atoms with Gasteiger partial charge in [0.15, 0.2) is 0 Å². The van der Waals surface area contributed by atoms with Crippen molar-refractivity contribution in [1.82, 2.24) is 5.32 Å². The van der Waals surface area contributed by atoms with Gasteiger partial charge in [0.1, 0.15) is 11.5 Å². The molecule has 0 spiro atoms. The first-order chi connectivity index (χ1) is 9.06. The number of benzene rings is 1. The maximum atomic E-state index is 9.79. The summed E-state index contributed by atoms with van der Waals surface area (Å²) in [6, 6.07) is 4.55. The molecule has 1 saturated carbocycles. The molecule has 0 amide bonds. The molecular weight excluding hydrogens is 242 g/mol. The summed E-state index contributed by atoms with van der Waals surface area (Å²) in [4.78, 5) is 0. The standard InChI is InChI=1S/C15H23NO3/c1-10(14-8-13(18)5-6-15(14)19)16-9-11-3-2-4-12(17)7-11/h5-6,8,10-12,16-19H,2-4,7,9H2,1H3. The predicted octanol–water partition coefficient (Wildman–Crippen LogP) is 2.30. The highest BCUT2D eigenvalue weighted by Gasteiger charge is 2.21. The quantitative estimate of drug-likeness (QED) is 0.630. The summed E-state index contributed by atoms with van der Waals surface area (Å²) in [5.74, 6) is 0.849. The SMILES string of the molecule is CC(NCC1CCCC(O)C1)c1cc(O)ccc1O. The fourth-order valence-corrected chi connectivity index (χ4v) is 2.79. The van der Waals surface area contributed by atoms with E-state index in [2.05, 4.69) is 5.32 Å². The van der Waals surface area contributed by atoms with Crippen molar-refractivity contribution < 1.29 is 15.3 Å². The Labute approximate surface area is 114 Å². The van der Waals surface area contributed by atoms with E-state index < -0.39 is 0 Å². The van der Waals surface area contributed by atoms with Crippen LogP contribution in [0.4, 0.5) is 0 Å². The van der Waals surface area contributed by atoms with E-state index in [1.807, 2.05) is 6.92 Å². The van der Waals surface area contributed by atoms with Crippen LogP contribution in [-0.4, -0.2) is 28.0 Å². The van der Waals surface area contributed by atoms with E-state index in [1.54, 1.807) is 6.07 Å². The van der Waals surface area contributed by atoms with Gasteiger partial charge in [-0.15, -0.1) is 0 Å². The van der Waals surface area contributed by atoms with Crippen molar-refractivity contribution in [1.29, 1.82) is 0 Å². The summed E-state index contributed by atoms with van der Waals surface area (Å²) >= 11 is 0. The van der Waals surface area contributed by atoms with Crippen molar-refractivity contribution >= 4 is 0 Å². The van der Waals surface area contributed by atoms with E-state index >= 15 is 0 Å². The van der Waals surface area contributed by atoms with Crippen LogP contribution in [0.1, 0.15) is 44.2 Å². The summed E-state index contributed by atoms with van der Waals surface area (Å²) in [7, 11) is 0. The van der Waals surface area contributed by atoms with E-state index in [0.29, 0.717) is 11.5 Å². The molecule has 0 heterocycles. The first kappa shape index (κ1) is 14.2. The molecule has 0 saturated heterocycles. The van der Waals surface area contributed by atoms with Gasteiger partial charge in [-0.2, -0.15) is 0 Å². The molecule has 4 nitrogen and oxygen atoms in total. The average molecular weight is 265 g/mol. The summed E-state index contributed by atoms with van der Waals surface area (Å²) in [5.41, 5.74) is 0.705. The van der Waals surface area contributed by atoms with E-state index in [0.717, 1.165) is 32.2 Å². The number of phenolic OH excluding ortho intramolecular Hbond substituents is 2. The molecule has 1 aromatic rings. The highest BCUT2D eigenvalue weighted by molar-refractivity contribution is 5.40. The van der Waals surface area contributed by atoms with Gasteiger partial charge in [-0.1, -0.05) is 6.42 Å². The van der Waals surface area contributed by atoms with Gasteiger partial charge in [0, 0.05) is 11.6 Å². The van der Waals surface area contributed by atoms with Crippen molar-refractivity contribution in [3.63, 3.8) is 0 Å². The van der Waals surface area contributed by atoms with Crippen LogP contribution < -0.4 is 5.32 Å². The number of phenols is 2. The van der Waals surface area contributed by atoms with Crippen molar-refractivity contribution in [3.05, 3.63) is 23.8 Å². The molecular formula is C15H23NO3. The minimum Gasteiger partial charge on any atom is -0.508 e. The zero-order valence-electron chi connectivity index (χ0n) is 11.3. The minimum atomic E-state index is -0.162. The molecule has 0 bridgehead atoms. The lowest BCUT2D eigenvalue weighted by molar-refractivity contribution is 0.0997. The molecule has 0 radical (unpaired) electrons. The van der Waals surface area contributed by atoms with Crippen LogP contribution in [0.2, 0.25) is 0 Å². The van der Waals surface area contributed by atoms with Gasteiger partial charge in [-0.05, 0) is 56.8 Å². The number of hydrogen-bond acceptors (Lipinski definition) is 4. The Hall–Kier alpha value is -1.26. The Balaban J connectivity index is 1.90. The van der Waals surface area contributed by atoms with Gasteiger partial charge in [0.25, 0.3) is 0 Å². The maximum absolute atomic E-state index is 9.79. The van der Waals surface area contributed by atoms with Crippen LogP contribution in [-0.2, 0) is 0 Å². The molecule has 106 valence electrons. The summed E-state index contributed by atoms with van der Waals surface area (Å²) < 4.78 is 0. The molecule has 1 aliphatic rings. The molecule has 2 rings (SSSR count). The second-order valence-electron chi connectivity index (χ2n) is 5.56. The number of rotatable bonds is 4. The topological polar surface area (TPSA) is 72.7 Å². The Morgan fingerprint density at radius 2 is 2.11 bits per heavy atom. The van der Waals surface area contributed by atoms with Gasteiger partial charge in [-0.25, -0.2) is 0 Å². The van der Waals surface area contributed by atoms with Gasteiger partial charge in [-0.3, -0.25) is 0 Å². The smallest absolute Gasteiger partial charge is 0.120 e. The largest absolute Gasteiger partial charge is 0.508 e. The molecule has 3 atom stereocenters. The number of aliphatic hydroxyl groups excluding tert-OH is 1. The molecule has 4 N–H and O–H groups in total. The lowest BCUT2D eigenvalue weighted by Gasteiger charge is -2.27. The third-order valence-electron chi connectivity index (χ3n) is 3.95. The lowest BCUT2D eigenvalue weighted by atomic mass is 9.87. The number of nitrogens with one attached hydrogen (secondary N) is 1. The van der Waals surface area contributed by atoms with E-state index in [1.165, 1.54) is 12.1 Å². The van der Waals surface area contributed by atoms with Gasteiger partial charge < -0.3 is 20.6 Å². The predicted molar refractivity (Wildman–Crippen MR) is 74.2 cm³/mol. The van der Waals surface area contributed by atoms with Gasteiger partial charge >= 0.3 is 0 Å². The molecule has 1 aromatic carbocycles. The fraction of sp³-hybridized carbons (Fsp3) is 0.600. The number of aromatic hydroxyl groups is 2. The Kier molecular flexibility index (Phi) is 4.66. The zero-order valence-corrected chi connectivity index (χ0v) is 11.3. The number of aliphatic hydroxyl groups is 1. The highest BCUT2D eigenvalue weighted by atomic mass is 16.3. The summed E-state index contributed by atoms with van der Waals surface area (Å²) in [6.07, 6.45) is 3.83. The van der Waals surface area contributed by atoms with E-state index in [4.69, 9.17) is 0 Å². The lowest BCUT2D eigenvalue weighted by Crippen LogP contribution is -2.30. The number of hydrogen-bond donors (Lipinski definition) is 4. The van der Waals surface area contributed by atoms with Crippen molar-refractivity contribution in [2.24, 2.45) is 5.92 Å². The fourth-order valence-electron chi connectivity index (χ4n) is 2.79. The van der Waals surface area contributed by atoms with Crippen LogP contribution in [0, 0.1) is 5.92 Å². The van der Waals surface area contributed by atoms with Crippen LogP contribution in [0.25, 0.3) is 0 Å². The van der Waals surface area contributed by atoms with Crippen molar-refractivity contribution in [3.8, 4) is 11.5 Å². The van der Waals surface area contributed by atoms with Crippen LogP contribution in [0.15, 0.2) is 18.2 Å². The van der Waals surface area contributed by atoms with Crippen LogP contribution in [0.5, 0.6) is 11.5 Å². The molecule has 0 aliphatic heterocycles. The average Bonchev–Trinajstić information content (AvgIpc) is 2.39. The molecule has 3 unspecified atom stereocenters. The van der Waals surface area contributed by atoms with Gasteiger partial charge in [0.05, 0.1) is 6.10 Å². The Morgan fingerprint density at radius 1 is 1.32 bits per heavy atom. The minimum absolute atomic E-state index is 0.0221. The third-order valence-corrected chi connectivity index (χ3v) is 3.95. The zero-order chi connectivity index (χ0) is 13.8. The summed E-state index contributed by atoms with van der Waals surface area (Å²) in [5, 5.41) is 32.3. The normalized spacial score (nSPS) is 25.2. The molecule has 19 heavy (non-hydrogen) atoms. The highest BCUT2D eigenvalue weighted by Crippen LogP contribution is 2.29. The van der Waals surface area contributed by atoms with Crippen molar-refractivity contribution in [2.75, 3.05) is 6.54 Å². The molecule has 0 aromatic heterocycles. The van der Waals surface area contributed by atoms with Crippen LogP contribution >= 0.6 is 0 Å². The van der Waals surface area contributed by atoms with Gasteiger partial charge in [0.2, 0.25) is 0 Å². The molecule has 4 heteroatoms. The Bertz CT molecular complexity index is 422. The first-order valence-corrected chi connectivity index (χ1v) is 6.99.